The summed E-state index contributed by atoms with van der Waals surface area (Å²) in [5.41, 5.74) is 14.2. The fourth-order valence-corrected chi connectivity index (χ4v) is 8.57. The van der Waals surface area contributed by atoms with Crippen LogP contribution in [0, 0.1) is 13.8 Å². The summed E-state index contributed by atoms with van der Waals surface area (Å²) in [5.74, 6) is 2.21. The zero-order valence-corrected chi connectivity index (χ0v) is 34.4. The summed E-state index contributed by atoms with van der Waals surface area (Å²) in [6.45, 7) is 4.15. The third-order valence-corrected chi connectivity index (χ3v) is 11.7. The van der Waals surface area contributed by atoms with Gasteiger partial charge in [0.2, 0.25) is 0 Å². The monoisotopic (exact) mass is 842 g/mol. The number of benzene rings is 4. The highest BCUT2D eigenvalue weighted by molar-refractivity contribution is 14.1. The SMILES string of the molecule is Cc1ccc(C2C=CC=CC2c2nc(C3=CCCC=C3)nc(-c3ccc(-c4c(CCCCCI)cc(-c5ccccc5)cc4-c4ccccc4)cc3)n2)c(C)n1. The predicted molar refractivity (Wildman–Crippen MR) is 242 cm³/mol. The summed E-state index contributed by atoms with van der Waals surface area (Å²) < 4.78 is 1.19. The summed E-state index contributed by atoms with van der Waals surface area (Å²) in [6, 6.07) is 39.7. The number of halogens is 1. The second-order valence-corrected chi connectivity index (χ2v) is 15.9. The molecule has 4 nitrogen and oxygen atoms in total. The van der Waals surface area contributed by atoms with Gasteiger partial charge in [0.15, 0.2) is 11.6 Å². The lowest BCUT2D eigenvalue weighted by atomic mass is 9.81. The molecule has 0 amide bonds. The van der Waals surface area contributed by atoms with Crippen molar-refractivity contribution in [3.63, 3.8) is 0 Å². The molecule has 0 spiro atoms. The molecule has 8 rings (SSSR count). The van der Waals surface area contributed by atoms with E-state index >= 15 is 0 Å². The quantitative estimate of drug-likeness (QED) is 0.0700. The molecule has 0 saturated heterocycles. The van der Waals surface area contributed by atoms with Crippen molar-refractivity contribution in [2.45, 2.75) is 64.2 Å². The van der Waals surface area contributed by atoms with Crippen LogP contribution in [0.15, 0.2) is 152 Å². The van der Waals surface area contributed by atoms with E-state index in [1.165, 1.54) is 61.8 Å². The van der Waals surface area contributed by atoms with Crippen LogP contribution in [0.1, 0.15) is 78.1 Å². The minimum absolute atomic E-state index is 0.0533. The summed E-state index contributed by atoms with van der Waals surface area (Å²) in [5, 5.41) is 0. The highest BCUT2D eigenvalue weighted by Gasteiger charge is 2.28. The van der Waals surface area contributed by atoms with Gasteiger partial charge in [0, 0.05) is 34.4 Å². The fourth-order valence-electron chi connectivity index (χ4n) is 8.03. The highest BCUT2D eigenvalue weighted by atomic mass is 127. The minimum atomic E-state index is -0.0533. The Morgan fingerprint density at radius 1 is 0.607 bits per heavy atom. The number of nitrogens with zero attached hydrogens (tertiary/aromatic N) is 4. The average Bonchev–Trinajstić information content (AvgIpc) is 3.26. The Balaban J connectivity index is 1.23. The molecule has 2 aliphatic rings. The number of aromatic nitrogens is 4. The van der Waals surface area contributed by atoms with Crippen LogP contribution in [0.2, 0.25) is 0 Å². The Morgan fingerprint density at radius 2 is 1.32 bits per heavy atom. The van der Waals surface area contributed by atoms with Crippen LogP contribution in [0.5, 0.6) is 0 Å². The zero-order valence-electron chi connectivity index (χ0n) is 32.2. The Hall–Kier alpha value is -5.27. The van der Waals surface area contributed by atoms with Gasteiger partial charge in [-0.1, -0.05) is 169 Å². The highest BCUT2D eigenvalue weighted by Crippen LogP contribution is 2.41. The maximum atomic E-state index is 5.25. The zero-order chi connectivity index (χ0) is 38.3. The third-order valence-electron chi connectivity index (χ3n) is 10.9. The normalized spacial score (nSPS) is 16.2. The molecule has 5 heteroatoms. The summed E-state index contributed by atoms with van der Waals surface area (Å²) in [4.78, 5) is 20.4. The Kier molecular flexibility index (Phi) is 11.9. The van der Waals surface area contributed by atoms with Crippen LogP contribution in [0.4, 0.5) is 0 Å². The van der Waals surface area contributed by atoms with Crippen molar-refractivity contribution in [2.24, 2.45) is 0 Å². The second kappa shape index (κ2) is 17.7. The van der Waals surface area contributed by atoms with Crippen LogP contribution in [0.25, 0.3) is 50.3 Å². The van der Waals surface area contributed by atoms with E-state index < -0.39 is 0 Å². The lowest BCUT2D eigenvalue weighted by Gasteiger charge is -2.25. The van der Waals surface area contributed by atoms with E-state index in [4.69, 9.17) is 19.9 Å². The maximum Gasteiger partial charge on any atom is 0.163 e. The molecule has 2 aliphatic carbocycles. The van der Waals surface area contributed by atoms with Crippen molar-refractivity contribution in [3.8, 4) is 44.8 Å². The molecule has 2 heterocycles. The van der Waals surface area contributed by atoms with E-state index in [0.717, 1.165) is 59.9 Å². The Bertz CT molecular complexity index is 2430. The summed E-state index contributed by atoms with van der Waals surface area (Å²) >= 11 is 2.50. The van der Waals surface area contributed by atoms with E-state index in [9.17, 15) is 0 Å². The van der Waals surface area contributed by atoms with Crippen LogP contribution in [-0.4, -0.2) is 24.4 Å². The molecular weight excluding hydrogens is 795 g/mol. The van der Waals surface area contributed by atoms with Crippen molar-refractivity contribution in [2.75, 3.05) is 4.43 Å². The molecule has 2 atom stereocenters. The molecule has 0 bridgehead atoms. The lowest BCUT2D eigenvalue weighted by Crippen LogP contribution is -2.16. The molecule has 2 aromatic heterocycles. The average molecular weight is 843 g/mol. The maximum absolute atomic E-state index is 5.25. The van der Waals surface area contributed by atoms with Crippen molar-refractivity contribution in [3.05, 3.63) is 186 Å². The van der Waals surface area contributed by atoms with Crippen LogP contribution in [-0.2, 0) is 6.42 Å². The summed E-state index contributed by atoms with van der Waals surface area (Å²) in [6.07, 6.45) is 22.0. The fraction of sp³-hybridized carbons (Fsp3) is 0.216. The van der Waals surface area contributed by atoms with E-state index in [-0.39, 0.29) is 11.8 Å². The number of hydrogen-bond acceptors (Lipinski definition) is 4. The second-order valence-electron chi connectivity index (χ2n) is 14.8. The minimum Gasteiger partial charge on any atom is -0.258 e. The van der Waals surface area contributed by atoms with Crippen molar-refractivity contribution in [1.29, 1.82) is 0 Å². The van der Waals surface area contributed by atoms with Crippen LogP contribution < -0.4 is 0 Å². The van der Waals surface area contributed by atoms with E-state index in [2.05, 4.69) is 181 Å². The number of rotatable bonds is 12. The molecule has 56 heavy (non-hydrogen) atoms. The van der Waals surface area contributed by atoms with Crippen molar-refractivity contribution in [1.82, 2.24) is 19.9 Å². The van der Waals surface area contributed by atoms with Gasteiger partial charge in [-0.3, -0.25) is 4.98 Å². The number of alkyl halides is 1. The number of aryl methyl sites for hydroxylation is 3. The van der Waals surface area contributed by atoms with E-state index in [1.54, 1.807) is 0 Å². The topological polar surface area (TPSA) is 51.6 Å². The largest absolute Gasteiger partial charge is 0.258 e. The molecule has 278 valence electrons. The molecule has 0 aliphatic heterocycles. The Labute approximate surface area is 345 Å². The van der Waals surface area contributed by atoms with Gasteiger partial charge in [0.1, 0.15) is 5.82 Å². The van der Waals surface area contributed by atoms with E-state index in [1.807, 2.05) is 6.92 Å². The van der Waals surface area contributed by atoms with Crippen molar-refractivity contribution >= 4 is 28.2 Å². The molecule has 0 radical (unpaired) electrons. The number of allylic oxidation sites excluding steroid dienone is 8. The van der Waals surface area contributed by atoms with Gasteiger partial charge in [-0.25, -0.2) is 15.0 Å². The van der Waals surface area contributed by atoms with Crippen LogP contribution >= 0.6 is 22.6 Å². The van der Waals surface area contributed by atoms with Crippen LogP contribution in [0.3, 0.4) is 0 Å². The molecule has 2 unspecified atom stereocenters. The van der Waals surface area contributed by atoms with Crippen molar-refractivity contribution < 1.29 is 0 Å². The molecule has 0 saturated carbocycles. The predicted octanol–water partition coefficient (Wildman–Crippen LogP) is 13.4. The smallest absolute Gasteiger partial charge is 0.163 e. The first-order valence-corrected chi connectivity index (χ1v) is 21.4. The van der Waals surface area contributed by atoms with Gasteiger partial charge < -0.3 is 0 Å². The first-order valence-electron chi connectivity index (χ1n) is 19.9. The summed E-state index contributed by atoms with van der Waals surface area (Å²) in [7, 11) is 0. The van der Waals surface area contributed by atoms with Gasteiger partial charge in [0.05, 0.1) is 0 Å². The standard InChI is InChI=1S/C51H47IN4/c1-35-26-31-44(36(2)53-35)45-24-14-15-25-46(45)51-55-49(40-21-11-5-12-22-40)54-50(56-51)41-29-27-39(28-30-41)48-42(23-13-6-16-32-52)33-43(37-17-7-3-8-18-37)34-47(48)38-19-9-4-10-20-38/h3-4,7-11,14-15,17-22,24-31,33-34,45-46H,5-6,12-13,16,23,32H2,1-2H3. The molecule has 4 aromatic carbocycles. The first kappa shape index (κ1) is 37.6. The van der Waals surface area contributed by atoms with Gasteiger partial charge in [-0.2, -0.15) is 0 Å². The van der Waals surface area contributed by atoms with Gasteiger partial charge in [-0.15, -0.1) is 0 Å². The van der Waals surface area contributed by atoms with Gasteiger partial charge in [-0.05, 0) is 107 Å². The molecular formula is C51H47IN4. The number of pyridine rings is 1. The van der Waals surface area contributed by atoms with Gasteiger partial charge >= 0.3 is 0 Å². The number of unbranched alkanes of at least 4 members (excludes halogenated alkanes) is 2. The lowest BCUT2D eigenvalue weighted by molar-refractivity contribution is 0.667. The molecule has 0 fully saturated rings. The first-order chi connectivity index (χ1) is 27.6. The van der Waals surface area contributed by atoms with Gasteiger partial charge in [0.25, 0.3) is 0 Å². The Morgan fingerprint density at radius 3 is 2.04 bits per heavy atom. The molecule has 6 aromatic rings. The third kappa shape index (κ3) is 8.43. The van der Waals surface area contributed by atoms with E-state index in [0.29, 0.717) is 5.82 Å². The molecule has 0 N–H and O–H groups in total. The number of hydrogen-bond donors (Lipinski definition) is 0.